The SMILES string of the molecule is COc1ccc(-c2nc(CC(C)C)no2)c(N)c1. The van der Waals surface area contributed by atoms with Crippen molar-refractivity contribution in [1.29, 1.82) is 0 Å². The van der Waals surface area contributed by atoms with Gasteiger partial charge in [-0.3, -0.25) is 0 Å². The van der Waals surface area contributed by atoms with E-state index in [1.807, 2.05) is 12.1 Å². The lowest BCUT2D eigenvalue weighted by atomic mass is 10.1. The van der Waals surface area contributed by atoms with Gasteiger partial charge in [-0.15, -0.1) is 0 Å². The highest BCUT2D eigenvalue weighted by molar-refractivity contribution is 5.71. The van der Waals surface area contributed by atoms with Gasteiger partial charge >= 0.3 is 0 Å². The normalized spacial score (nSPS) is 10.9. The Bertz CT molecular complexity index is 535. The van der Waals surface area contributed by atoms with Crippen molar-refractivity contribution in [3.8, 4) is 17.2 Å². The number of hydrogen-bond acceptors (Lipinski definition) is 5. The van der Waals surface area contributed by atoms with Gasteiger partial charge in [0.15, 0.2) is 5.82 Å². The number of hydrogen-bond donors (Lipinski definition) is 1. The fourth-order valence-corrected chi connectivity index (χ4v) is 1.67. The van der Waals surface area contributed by atoms with E-state index in [0.717, 1.165) is 12.0 Å². The molecule has 2 N–H and O–H groups in total. The fraction of sp³-hybridized carbons (Fsp3) is 0.385. The van der Waals surface area contributed by atoms with Gasteiger partial charge < -0.3 is 15.0 Å². The van der Waals surface area contributed by atoms with Crippen LogP contribution in [0, 0.1) is 5.92 Å². The summed E-state index contributed by atoms with van der Waals surface area (Å²) in [5.74, 6) is 2.35. The van der Waals surface area contributed by atoms with Gasteiger partial charge in [0.2, 0.25) is 0 Å². The number of methoxy groups -OCH3 is 1. The lowest BCUT2D eigenvalue weighted by molar-refractivity contribution is 0.413. The lowest BCUT2D eigenvalue weighted by Gasteiger charge is -2.03. The Kier molecular flexibility index (Phi) is 3.50. The molecule has 1 heterocycles. The Balaban J connectivity index is 2.28. The molecule has 0 amide bonds. The minimum atomic E-state index is 0.450. The van der Waals surface area contributed by atoms with Crippen LogP contribution in [0.3, 0.4) is 0 Å². The van der Waals surface area contributed by atoms with Gasteiger partial charge in [0.05, 0.1) is 12.7 Å². The summed E-state index contributed by atoms with van der Waals surface area (Å²) >= 11 is 0. The fourth-order valence-electron chi connectivity index (χ4n) is 1.67. The molecule has 0 unspecified atom stereocenters. The number of benzene rings is 1. The predicted octanol–water partition coefficient (Wildman–Crippen LogP) is 2.53. The molecule has 0 fully saturated rings. The minimum Gasteiger partial charge on any atom is -0.497 e. The van der Waals surface area contributed by atoms with Crippen molar-refractivity contribution >= 4 is 5.69 Å². The van der Waals surface area contributed by atoms with Crippen LogP contribution < -0.4 is 10.5 Å². The monoisotopic (exact) mass is 247 g/mol. The maximum absolute atomic E-state index is 5.93. The number of rotatable bonds is 4. The smallest absolute Gasteiger partial charge is 0.260 e. The zero-order valence-corrected chi connectivity index (χ0v) is 10.8. The third kappa shape index (κ3) is 2.61. The maximum Gasteiger partial charge on any atom is 0.260 e. The summed E-state index contributed by atoms with van der Waals surface area (Å²) in [7, 11) is 1.60. The van der Waals surface area contributed by atoms with Crippen LogP contribution in [0.2, 0.25) is 0 Å². The molecule has 96 valence electrons. The van der Waals surface area contributed by atoms with Crippen molar-refractivity contribution in [2.45, 2.75) is 20.3 Å². The van der Waals surface area contributed by atoms with Crippen LogP contribution in [-0.2, 0) is 6.42 Å². The van der Waals surface area contributed by atoms with E-state index in [2.05, 4.69) is 24.0 Å². The Labute approximate surface area is 106 Å². The Morgan fingerprint density at radius 1 is 1.39 bits per heavy atom. The van der Waals surface area contributed by atoms with E-state index in [1.54, 1.807) is 13.2 Å². The largest absolute Gasteiger partial charge is 0.497 e. The quantitative estimate of drug-likeness (QED) is 0.840. The number of anilines is 1. The number of ether oxygens (including phenoxy) is 1. The van der Waals surface area contributed by atoms with Crippen molar-refractivity contribution in [2.24, 2.45) is 5.92 Å². The van der Waals surface area contributed by atoms with E-state index in [9.17, 15) is 0 Å². The van der Waals surface area contributed by atoms with Crippen LogP contribution in [0.5, 0.6) is 5.75 Å². The molecule has 18 heavy (non-hydrogen) atoms. The summed E-state index contributed by atoms with van der Waals surface area (Å²) in [6, 6.07) is 5.38. The standard InChI is InChI=1S/C13H17N3O2/c1-8(2)6-12-15-13(18-16-12)10-5-4-9(17-3)7-11(10)14/h4-5,7-8H,6,14H2,1-3H3. The van der Waals surface area contributed by atoms with Gasteiger partial charge in [-0.25, -0.2) is 0 Å². The van der Waals surface area contributed by atoms with E-state index in [4.69, 9.17) is 15.0 Å². The number of nitrogens with zero attached hydrogens (tertiary/aromatic N) is 2. The molecule has 0 aliphatic carbocycles. The summed E-state index contributed by atoms with van der Waals surface area (Å²) in [4.78, 5) is 4.34. The van der Waals surface area contributed by atoms with E-state index in [1.165, 1.54) is 0 Å². The van der Waals surface area contributed by atoms with E-state index >= 15 is 0 Å². The third-order valence-corrected chi connectivity index (χ3v) is 2.55. The average molecular weight is 247 g/mol. The summed E-state index contributed by atoms with van der Waals surface area (Å²) < 4.78 is 10.3. The number of nitrogen functional groups attached to an aromatic ring is 1. The molecule has 1 aromatic heterocycles. The number of nitrogens with two attached hydrogens (primary N) is 1. The second-order valence-corrected chi connectivity index (χ2v) is 4.57. The van der Waals surface area contributed by atoms with Gasteiger partial charge in [-0.1, -0.05) is 19.0 Å². The van der Waals surface area contributed by atoms with Crippen molar-refractivity contribution < 1.29 is 9.26 Å². The molecule has 2 rings (SSSR count). The van der Waals surface area contributed by atoms with Crippen molar-refractivity contribution in [3.05, 3.63) is 24.0 Å². The predicted molar refractivity (Wildman–Crippen MR) is 69.2 cm³/mol. The van der Waals surface area contributed by atoms with Gasteiger partial charge in [0.25, 0.3) is 5.89 Å². The van der Waals surface area contributed by atoms with Crippen LogP contribution in [-0.4, -0.2) is 17.3 Å². The van der Waals surface area contributed by atoms with E-state index in [0.29, 0.717) is 29.1 Å². The molecule has 0 saturated carbocycles. The van der Waals surface area contributed by atoms with Gasteiger partial charge in [-0.2, -0.15) is 4.98 Å². The molecule has 0 aliphatic rings. The molecule has 0 atom stereocenters. The summed E-state index contributed by atoms with van der Waals surface area (Å²) in [5, 5.41) is 3.94. The van der Waals surface area contributed by atoms with Crippen molar-refractivity contribution in [1.82, 2.24) is 10.1 Å². The first-order valence-electron chi connectivity index (χ1n) is 5.86. The molecule has 2 aromatic rings. The van der Waals surface area contributed by atoms with Crippen LogP contribution in [0.15, 0.2) is 22.7 Å². The highest BCUT2D eigenvalue weighted by Gasteiger charge is 2.13. The number of aromatic nitrogens is 2. The van der Waals surface area contributed by atoms with Crippen LogP contribution >= 0.6 is 0 Å². The van der Waals surface area contributed by atoms with Crippen LogP contribution in [0.25, 0.3) is 11.5 Å². The molecule has 5 nitrogen and oxygen atoms in total. The average Bonchev–Trinajstić information content (AvgIpc) is 2.76. The van der Waals surface area contributed by atoms with Crippen LogP contribution in [0.1, 0.15) is 19.7 Å². The van der Waals surface area contributed by atoms with Gasteiger partial charge in [-0.05, 0) is 18.1 Å². The zero-order chi connectivity index (χ0) is 13.1. The summed E-state index contributed by atoms with van der Waals surface area (Å²) in [6.45, 7) is 4.22. The molecule has 0 spiro atoms. The first-order valence-corrected chi connectivity index (χ1v) is 5.86. The third-order valence-electron chi connectivity index (χ3n) is 2.55. The summed E-state index contributed by atoms with van der Waals surface area (Å²) in [6.07, 6.45) is 0.791. The Hall–Kier alpha value is -2.04. The highest BCUT2D eigenvalue weighted by atomic mass is 16.5. The molecule has 0 bridgehead atoms. The molecular formula is C13H17N3O2. The maximum atomic E-state index is 5.93. The van der Waals surface area contributed by atoms with Gasteiger partial charge in [0.1, 0.15) is 5.75 Å². The molecule has 0 aliphatic heterocycles. The zero-order valence-electron chi connectivity index (χ0n) is 10.8. The molecular weight excluding hydrogens is 230 g/mol. The van der Waals surface area contributed by atoms with Crippen molar-refractivity contribution in [2.75, 3.05) is 12.8 Å². The molecule has 0 saturated heterocycles. The second kappa shape index (κ2) is 5.08. The highest BCUT2D eigenvalue weighted by Crippen LogP contribution is 2.28. The minimum absolute atomic E-state index is 0.450. The van der Waals surface area contributed by atoms with Crippen molar-refractivity contribution in [3.63, 3.8) is 0 Å². The second-order valence-electron chi connectivity index (χ2n) is 4.57. The molecule has 5 heteroatoms. The lowest BCUT2D eigenvalue weighted by Crippen LogP contribution is -1.96. The van der Waals surface area contributed by atoms with Crippen LogP contribution in [0.4, 0.5) is 5.69 Å². The first-order chi connectivity index (χ1) is 8.60. The topological polar surface area (TPSA) is 74.2 Å². The van der Waals surface area contributed by atoms with E-state index < -0.39 is 0 Å². The Morgan fingerprint density at radius 3 is 2.78 bits per heavy atom. The van der Waals surface area contributed by atoms with E-state index in [-0.39, 0.29) is 0 Å². The molecule has 1 aromatic carbocycles. The summed E-state index contributed by atoms with van der Waals surface area (Å²) in [5.41, 5.74) is 7.23. The Morgan fingerprint density at radius 2 is 2.17 bits per heavy atom. The first kappa shape index (κ1) is 12.4. The molecule has 0 radical (unpaired) electrons. The van der Waals surface area contributed by atoms with Gasteiger partial charge in [0, 0.05) is 18.2 Å².